The van der Waals surface area contributed by atoms with Crippen LogP contribution in [0.25, 0.3) is 0 Å². The Morgan fingerprint density at radius 2 is 2.03 bits per heavy atom. The number of aryl methyl sites for hydroxylation is 1. The molecule has 3 rings (SSSR count). The zero-order chi connectivity index (χ0) is 21.0. The van der Waals surface area contributed by atoms with Crippen molar-refractivity contribution in [2.45, 2.75) is 38.6 Å². The van der Waals surface area contributed by atoms with Gasteiger partial charge in [-0.1, -0.05) is 26.0 Å². The summed E-state index contributed by atoms with van der Waals surface area (Å²) < 4.78 is 36.4. The number of benzene rings is 1. The number of carbonyl (C=O) groups is 1. The van der Waals surface area contributed by atoms with Crippen molar-refractivity contribution in [1.82, 2.24) is 14.5 Å². The first-order chi connectivity index (χ1) is 13.8. The van der Waals surface area contributed by atoms with Crippen molar-refractivity contribution in [3.63, 3.8) is 0 Å². The molecular weight excluding hydrogens is 417 g/mol. The molecule has 2 aromatic rings. The molecule has 160 valence electrons. The number of urea groups is 1. The van der Waals surface area contributed by atoms with E-state index in [1.54, 1.807) is 19.3 Å². The van der Waals surface area contributed by atoms with Crippen LogP contribution in [0.4, 0.5) is 16.2 Å². The van der Waals surface area contributed by atoms with Crippen LogP contribution in [0, 0.1) is 0 Å². The third-order valence-corrected chi connectivity index (χ3v) is 6.23. The summed E-state index contributed by atoms with van der Waals surface area (Å²) in [5.74, 6) is 0.290. The molecule has 1 aromatic carbocycles. The van der Waals surface area contributed by atoms with Crippen LogP contribution < -0.4 is 43.9 Å². The minimum Gasteiger partial charge on any atom is -1.00 e. The molecule has 1 aliphatic heterocycles. The van der Waals surface area contributed by atoms with E-state index in [2.05, 4.69) is 15.1 Å². The number of amides is 2. The normalized spacial score (nSPS) is 14.8. The molecule has 0 atom stereocenters. The second-order valence-electron chi connectivity index (χ2n) is 7.35. The van der Waals surface area contributed by atoms with E-state index >= 15 is 0 Å². The number of carbonyl (C=O) groups excluding carboxylic acids is 1. The Labute approximate surface area is 201 Å². The topological polar surface area (TPSA) is 106 Å². The molecule has 30 heavy (non-hydrogen) atoms. The first-order valence-corrected chi connectivity index (χ1v) is 11.0. The minimum absolute atomic E-state index is 0. The summed E-state index contributed by atoms with van der Waals surface area (Å²) in [6.07, 6.45) is 4.15. The number of ether oxygens (including phenoxy) is 1. The monoisotopic (exact) mass is 445 g/mol. The van der Waals surface area contributed by atoms with Gasteiger partial charge in [-0.25, -0.2) is 13.8 Å². The molecule has 0 bridgehead atoms. The smallest absolute Gasteiger partial charge is 1.00 e. The van der Waals surface area contributed by atoms with Crippen molar-refractivity contribution < 1.29 is 48.9 Å². The maximum absolute atomic E-state index is 13.1. The maximum Gasteiger partial charge on any atom is 1.00 e. The Bertz CT molecular complexity index is 964. The molecule has 0 radical (unpaired) electrons. The number of hydrogen-bond acceptors (Lipinski definition) is 5. The fourth-order valence-electron chi connectivity index (χ4n) is 3.29. The molecule has 0 aliphatic carbocycles. The van der Waals surface area contributed by atoms with E-state index in [-0.39, 0.29) is 42.9 Å². The summed E-state index contributed by atoms with van der Waals surface area (Å²) in [6, 6.07) is 6.20. The second kappa shape index (κ2) is 10.6. The average molecular weight is 446 g/mol. The predicted octanol–water partition coefficient (Wildman–Crippen LogP) is -0.288. The number of anilines is 2. The number of aromatic nitrogens is 2. The standard InChI is InChI=1S/C19H27N5O4S.Na.H/c1-14(2)15-5-4-6-16(11-15)21-19(25)22-29(26,27)24(17-7-9-28-10-8-17)18-12-20-23(3)13-18;;/h4-6,11-14,17H,7-10H2,1-3H3,(H2,21,22,25);;/q;+1;-1. The Morgan fingerprint density at radius 1 is 1.33 bits per heavy atom. The average Bonchev–Trinajstić information content (AvgIpc) is 3.07. The van der Waals surface area contributed by atoms with Gasteiger partial charge in [0.1, 0.15) is 0 Å². The van der Waals surface area contributed by atoms with Gasteiger partial charge in [0.2, 0.25) is 0 Å². The zero-order valence-corrected chi connectivity index (χ0v) is 20.6. The van der Waals surface area contributed by atoms with E-state index in [0.29, 0.717) is 37.4 Å². The van der Waals surface area contributed by atoms with E-state index in [9.17, 15) is 13.2 Å². The molecule has 9 nitrogen and oxygen atoms in total. The second-order valence-corrected chi connectivity index (χ2v) is 8.90. The van der Waals surface area contributed by atoms with Crippen LogP contribution in [0.5, 0.6) is 0 Å². The van der Waals surface area contributed by atoms with Crippen LogP contribution in [0.2, 0.25) is 0 Å². The predicted molar refractivity (Wildman–Crippen MR) is 112 cm³/mol. The van der Waals surface area contributed by atoms with E-state index < -0.39 is 16.2 Å². The van der Waals surface area contributed by atoms with Crippen molar-refractivity contribution in [1.29, 1.82) is 0 Å². The summed E-state index contributed by atoms with van der Waals surface area (Å²) in [5.41, 5.74) is 1.98. The van der Waals surface area contributed by atoms with Gasteiger partial charge in [-0.2, -0.15) is 13.5 Å². The summed E-state index contributed by atoms with van der Waals surface area (Å²) in [6.45, 7) is 5.02. The Morgan fingerprint density at radius 3 is 2.63 bits per heavy atom. The van der Waals surface area contributed by atoms with E-state index in [0.717, 1.165) is 5.56 Å². The van der Waals surface area contributed by atoms with Gasteiger partial charge in [0.15, 0.2) is 0 Å². The van der Waals surface area contributed by atoms with Crippen molar-refractivity contribution in [2.24, 2.45) is 7.05 Å². The quantitative estimate of drug-likeness (QED) is 0.595. The molecule has 1 fully saturated rings. The van der Waals surface area contributed by atoms with Gasteiger partial charge in [0.25, 0.3) is 0 Å². The third kappa shape index (κ3) is 6.21. The van der Waals surface area contributed by atoms with Crippen molar-refractivity contribution in [2.75, 3.05) is 22.8 Å². The van der Waals surface area contributed by atoms with Crippen LogP contribution in [0.15, 0.2) is 36.7 Å². The molecule has 0 unspecified atom stereocenters. The minimum atomic E-state index is -4.15. The Hall–Kier alpha value is -1.59. The van der Waals surface area contributed by atoms with Crippen LogP contribution in [0.3, 0.4) is 0 Å². The van der Waals surface area contributed by atoms with Gasteiger partial charge >= 0.3 is 45.8 Å². The van der Waals surface area contributed by atoms with E-state index in [4.69, 9.17) is 4.74 Å². The van der Waals surface area contributed by atoms with Crippen molar-refractivity contribution in [3.05, 3.63) is 42.2 Å². The third-order valence-electron chi connectivity index (χ3n) is 4.76. The summed E-state index contributed by atoms with van der Waals surface area (Å²) in [4.78, 5) is 12.5. The summed E-state index contributed by atoms with van der Waals surface area (Å²) in [7, 11) is -2.44. The SMILES string of the molecule is CC(C)c1cccc(NC(=O)NS(=O)(=O)N(c2cnn(C)c2)C2CCOCC2)c1.[H-].[Na+]. The van der Waals surface area contributed by atoms with Crippen molar-refractivity contribution in [3.8, 4) is 0 Å². The molecule has 1 aliphatic rings. The molecule has 11 heteroatoms. The van der Waals surface area contributed by atoms with Gasteiger partial charge in [0, 0.05) is 32.1 Å². The van der Waals surface area contributed by atoms with Crippen LogP contribution in [-0.4, -0.2) is 43.5 Å². The van der Waals surface area contributed by atoms with Gasteiger partial charge in [-0.15, -0.1) is 0 Å². The van der Waals surface area contributed by atoms with Crippen LogP contribution >= 0.6 is 0 Å². The fourth-order valence-corrected chi connectivity index (χ4v) is 4.64. The largest absolute Gasteiger partial charge is 1.00 e. The fraction of sp³-hybridized carbons (Fsp3) is 0.474. The van der Waals surface area contributed by atoms with Gasteiger partial charge in [0.05, 0.1) is 17.9 Å². The van der Waals surface area contributed by atoms with E-state index in [1.807, 2.05) is 32.0 Å². The Kier molecular flexibility index (Phi) is 8.74. The summed E-state index contributed by atoms with van der Waals surface area (Å²) in [5, 5.41) is 6.68. The van der Waals surface area contributed by atoms with Gasteiger partial charge in [-0.05, 0) is 36.5 Å². The first kappa shape index (κ1) is 24.7. The number of nitrogens with one attached hydrogen (secondary N) is 2. The van der Waals surface area contributed by atoms with Crippen molar-refractivity contribution >= 4 is 27.6 Å². The molecule has 1 saturated heterocycles. The van der Waals surface area contributed by atoms with Crippen LogP contribution in [0.1, 0.15) is 39.6 Å². The molecule has 2 N–H and O–H groups in total. The van der Waals surface area contributed by atoms with Gasteiger partial charge in [-0.3, -0.25) is 4.68 Å². The number of rotatable bonds is 6. The van der Waals surface area contributed by atoms with E-state index in [1.165, 1.54) is 15.2 Å². The zero-order valence-electron chi connectivity index (χ0n) is 18.8. The molecular formula is C19H28N5NaO4S. The van der Waals surface area contributed by atoms with Crippen LogP contribution in [-0.2, 0) is 22.0 Å². The Balaban J connectivity index is 0.00000240. The number of hydrogen-bond donors (Lipinski definition) is 2. The number of nitrogens with zero attached hydrogens (tertiary/aromatic N) is 3. The molecule has 2 amide bonds. The maximum atomic E-state index is 13.1. The van der Waals surface area contributed by atoms with Gasteiger partial charge < -0.3 is 11.5 Å². The summed E-state index contributed by atoms with van der Waals surface area (Å²) >= 11 is 0. The molecule has 0 spiro atoms. The first-order valence-electron chi connectivity index (χ1n) is 9.56. The molecule has 2 heterocycles. The molecule has 1 aromatic heterocycles. The molecule has 0 saturated carbocycles.